The average Bonchev–Trinajstić information content (AvgIpc) is 2.76. The smallest absolute Gasteiger partial charge is 0.338 e. The van der Waals surface area contributed by atoms with Gasteiger partial charge in [0.15, 0.2) is 24.1 Å². The zero-order chi connectivity index (χ0) is 16.5. The second-order valence-electron chi connectivity index (χ2n) is 4.10. The Labute approximate surface area is 137 Å². The Morgan fingerprint density at radius 3 is 2.36 bits per heavy atom. The molecule has 1 aliphatic rings. The predicted octanol–water partition coefficient (Wildman–Crippen LogP) is -0.291. The van der Waals surface area contributed by atoms with E-state index in [1.54, 1.807) is 6.92 Å². The van der Waals surface area contributed by atoms with Crippen molar-refractivity contribution in [1.29, 1.82) is 0 Å². The van der Waals surface area contributed by atoms with E-state index >= 15 is 0 Å². The quantitative estimate of drug-likeness (QED) is 0.488. The third-order valence-corrected chi connectivity index (χ3v) is 2.58. The number of rotatable bonds is 3. The van der Waals surface area contributed by atoms with Crippen LogP contribution in [0.15, 0.2) is 0 Å². The number of aliphatic hydroxyl groups is 3. The first-order chi connectivity index (χ1) is 10.5. The van der Waals surface area contributed by atoms with Crippen LogP contribution in [0.2, 0.25) is 0 Å². The lowest BCUT2D eigenvalue weighted by molar-refractivity contribution is -0.153. The van der Waals surface area contributed by atoms with E-state index in [1.165, 1.54) is 0 Å². The number of hydrogen-bond donors (Lipinski definition) is 3. The molecule has 0 aromatic rings. The van der Waals surface area contributed by atoms with E-state index in [2.05, 4.69) is 52.1 Å². The van der Waals surface area contributed by atoms with E-state index in [-0.39, 0.29) is 16.4 Å². The molecule has 0 aromatic carbocycles. The van der Waals surface area contributed by atoms with Crippen LogP contribution in [0.4, 0.5) is 0 Å². The average molecular weight is 314 g/mol. The third-order valence-electron chi connectivity index (χ3n) is 2.58. The van der Waals surface area contributed by atoms with Gasteiger partial charge >= 0.3 is 5.97 Å². The first kappa shape index (κ1) is 17.3. The Morgan fingerprint density at radius 1 is 1.23 bits per heavy atom. The maximum atomic E-state index is 11.6. The van der Waals surface area contributed by atoms with Crippen LogP contribution in [-0.2, 0) is 14.3 Å². The summed E-state index contributed by atoms with van der Waals surface area (Å²) in [7, 11) is 0. The second-order valence-corrected chi connectivity index (χ2v) is 4.10. The minimum absolute atomic E-state index is 0. The van der Waals surface area contributed by atoms with Crippen molar-refractivity contribution in [3.63, 3.8) is 0 Å². The first-order valence-corrected chi connectivity index (χ1v) is 6.16. The number of Topliss-reactive ketones (excluding diaryl/α,β-unsaturated/α-hetero) is 1. The molecule has 1 fully saturated rings. The zero-order valence-electron chi connectivity index (χ0n) is 11.6. The zero-order valence-corrected chi connectivity index (χ0v) is 11.6. The second kappa shape index (κ2) is 8.53. The van der Waals surface area contributed by atoms with Gasteiger partial charge in [0, 0.05) is 9.99 Å². The summed E-state index contributed by atoms with van der Waals surface area (Å²) in [5.41, 5.74) is 0. The standard InChI is InChI=1S/C16H12O6.7H2/c1-2-3-4-5-6-7-8-9-10-11(17)12(18)15-13(19)14(20)16(21)22-15;;;;;;;/h12-15,18-20H,10H2,1H3;7*1H/t12-,13+,14-,15+;;;;;;;/m0......./s1. The van der Waals surface area contributed by atoms with Gasteiger partial charge in [0.25, 0.3) is 0 Å². The fourth-order valence-corrected chi connectivity index (χ4v) is 1.49. The van der Waals surface area contributed by atoms with Gasteiger partial charge in [0.2, 0.25) is 0 Å². The summed E-state index contributed by atoms with van der Waals surface area (Å²) in [6.07, 6.45) is -7.04. The molecule has 0 radical (unpaired) electrons. The lowest BCUT2D eigenvalue weighted by Crippen LogP contribution is -2.42. The Morgan fingerprint density at radius 2 is 1.82 bits per heavy atom. The van der Waals surface area contributed by atoms with Gasteiger partial charge in [-0.3, -0.25) is 4.79 Å². The topological polar surface area (TPSA) is 104 Å². The molecule has 4 atom stereocenters. The van der Waals surface area contributed by atoms with Crippen LogP contribution in [0.25, 0.3) is 0 Å². The van der Waals surface area contributed by atoms with Gasteiger partial charge in [0.05, 0.1) is 6.42 Å². The third kappa shape index (κ3) is 4.67. The monoisotopic (exact) mass is 314 g/mol. The Bertz CT molecular complexity index is 715. The van der Waals surface area contributed by atoms with Crippen molar-refractivity contribution in [2.75, 3.05) is 0 Å². The van der Waals surface area contributed by atoms with Crippen LogP contribution in [0.3, 0.4) is 0 Å². The van der Waals surface area contributed by atoms with Gasteiger partial charge in [0.1, 0.15) is 6.10 Å². The fourth-order valence-electron chi connectivity index (χ4n) is 1.49. The van der Waals surface area contributed by atoms with Crippen molar-refractivity contribution in [1.82, 2.24) is 0 Å². The highest BCUT2D eigenvalue weighted by molar-refractivity contribution is 5.87. The molecule has 0 saturated carbocycles. The van der Waals surface area contributed by atoms with E-state index in [0.29, 0.717) is 0 Å². The molecule has 1 aliphatic heterocycles. The molecule has 1 saturated heterocycles. The SMILES string of the molecule is CC#CC#CC#CC#CCC(=O)[C@H](O)[C@H]1OC(=O)[C@@H](O)[C@H]1O.[HH].[HH].[HH].[HH].[HH].[HH].[HH]. The van der Waals surface area contributed by atoms with Crippen LogP contribution in [0, 0.1) is 47.4 Å². The molecule has 6 heteroatoms. The number of aliphatic hydroxyl groups excluding tert-OH is 3. The normalized spacial score (nSPS) is 23.1. The molecule has 6 nitrogen and oxygen atoms in total. The summed E-state index contributed by atoms with van der Waals surface area (Å²) in [5.74, 6) is 17.6. The lowest BCUT2D eigenvalue weighted by atomic mass is 10.0. The molecule has 1 rings (SSSR count). The molecular formula is C16H26O6. The Hall–Kier alpha value is -2.74. The summed E-state index contributed by atoms with van der Waals surface area (Å²) < 4.78 is 4.53. The van der Waals surface area contributed by atoms with E-state index in [4.69, 9.17) is 0 Å². The van der Waals surface area contributed by atoms with Crippen molar-refractivity contribution >= 4 is 11.8 Å². The highest BCUT2D eigenvalue weighted by Crippen LogP contribution is 2.19. The van der Waals surface area contributed by atoms with Gasteiger partial charge < -0.3 is 20.1 Å². The summed E-state index contributed by atoms with van der Waals surface area (Å²) in [6, 6.07) is 0. The fraction of sp³-hybridized carbons (Fsp3) is 0.375. The van der Waals surface area contributed by atoms with Crippen molar-refractivity contribution in [2.45, 2.75) is 37.8 Å². The van der Waals surface area contributed by atoms with Gasteiger partial charge in [-0.05, 0) is 42.4 Å². The molecule has 0 spiro atoms. The summed E-state index contributed by atoms with van der Waals surface area (Å²) in [4.78, 5) is 22.6. The lowest BCUT2D eigenvalue weighted by Gasteiger charge is -2.17. The largest absolute Gasteiger partial charge is 0.454 e. The van der Waals surface area contributed by atoms with Crippen LogP contribution in [0.5, 0.6) is 0 Å². The van der Waals surface area contributed by atoms with E-state index in [0.717, 1.165) is 0 Å². The molecule has 0 unspecified atom stereocenters. The molecule has 22 heavy (non-hydrogen) atoms. The molecular weight excluding hydrogens is 288 g/mol. The maximum absolute atomic E-state index is 11.6. The van der Waals surface area contributed by atoms with Crippen molar-refractivity contribution < 1.29 is 39.6 Å². The molecule has 126 valence electrons. The molecule has 0 aliphatic carbocycles. The van der Waals surface area contributed by atoms with Gasteiger partial charge in [-0.15, -0.1) is 0 Å². The number of carbonyl (C=O) groups is 2. The minimum Gasteiger partial charge on any atom is -0.454 e. The van der Waals surface area contributed by atoms with E-state index in [9.17, 15) is 24.9 Å². The minimum atomic E-state index is -1.77. The molecule has 3 N–H and O–H groups in total. The number of ketones is 1. The highest BCUT2D eigenvalue weighted by Gasteiger charge is 2.47. The summed E-state index contributed by atoms with van der Waals surface area (Å²) >= 11 is 0. The Kier molecular flexibility index (Phi) is 6.71. The molecule has 0 bridgehead atoms. The maximum Gasteiger partial charge on any atom is 0.338 e. The number of cyclic esters (lactones) is 1. The van der Waals surface area contributed by atoms with Crippen LogP contribution < -0.4 is 0 Å². The summed E-state index contributed by atoms with van der Waals surface area (Å²) in [5, 5.41) is 28.3. The van der Waals surface area contributed by atoms with Crippen LogP contribution in [-0.4, -0.2) is 51.5 Å². The first-order valence-electron chi connectivity index (χ1n) is 6.16. The van der Waals surface area contributed by atoms with E-state index < -0.39 is 36.2 Å². The molecule has 1 heterocycles. The summed E-state index contributed by atoms with van der Waals surface area (Å²) in [6.45, 7) is 1.64. The van der Waals surface area contributed by atoms with Crippen molar-refractivity contribution in [3.8, 4) is 47.4 Å². The Balaban J connectivity index is -0.000000138. The number of esters is 1. The number of hydrogen-bond acceptors (Lipinski definition) is 6. The van der Waals surface area contributed by atoms with Crippen molar-refractivity contribution in [2.24, 2.45) is 0 Å². The number of carbonyl (C=O) groups excluding carboxylic acids is 2. The molecule has 0 amide bonds. The van der Waals surface area contributed by atoms with Crippen LogP contribution in [0.1, 0.15) is 23.3 Å². The number of ether oxygens (including phenoxy) is 1. The van der Waals surface area contributed by atoms with Gasteiger partial charge in [-0.25, -0.2) is 4.79 Å². The van der Waals surface area contributed by atoms with Gasteiger partial charge in [-0.1, -0.05) is 11.8 Å². The van der Waals surface area contributed by atoms with E-state index in [1.807, 2.05) is 0 Å². The van der Waals surface area contributed by atoms with Gasteiger partial charge in [-0.2, -0.15) is 0 Å². The van der Waals surface area contributed by atoms with Crippen molar-refractivity contribution in [3.05, 3.63) is 0 Å². The highest BCUT2D eigenvalue weighted by atomic mass is 16.6. The molecule has 0 aromatic heterocycles. The van der Waals surface area contributed by atoms with Crippen LogP contribution >= 0.6 is 0 Å². The predicted molar refractivity (Wildman–Crippen MR) is 89.1 cm³/mol.